The van der Waals surface area contributed by atoms with E-state index >= 15 is 0 Å². The molecule has 4 nitrogen and oxygen atoms in total. The van der Waals surface area contributed by atoms with Gasteiger partial charge in [0.05, 0.1) is 13.0 Å². The van der Waals surface area contributed by atoms with Crippen molar-refractivity contribution in [3.05, 3.63) is 24.3 Å². The molecule has 1 rings (SSSR count). The standard InChI is InChI=1S/C13H18O4/c1-3-8-16-11-4-6-12(7-5-11)17-10(2)9-13(14)15/h4-7,10H,3,8-9H2,1-2H3,(H,14,15)/t10-/m0/s1. The van der Waals surface area contributed by atoms with Gasteiger partial charge in [0, 0.05) is 0 Å². The van der Waals surface area contributed by atoms with Crippen LogP contribution in [0.1, 0.15) is 26.7 Å². The number of benzene rings is 1. The summed E-state index contributed by atoms with van der Waals surface area (Å²) in [4.78, 5) is 10.5. The lowest BCUT2D eigenvalue weighted by Gasteiger charge is -2.13. The largest absolute Gasteiger partial charge is 0.494 e. The molecular formula is C13H18O4. The Kier molecular flexibility index (Phi) is 5.33. The number of carboxylic acids is 1. The first-order chi connectivity index (χ1) is 8.11. The highest BCUT2D eigenvalue weighted by atomic mass is 16.5. The van der Waals surface area contributed by atoms with E-state index in [1.54, 1.807) is 19.1 Å². The molecular weight excluding hydrogens is 220 g/mol. The number of carbonyl (C=O) groups is 1. The quantitative estimate of drug-likeness (QED) is 0.793. The molecule has 0 aliphatic heterocycles. The predicted octanol–water partition coefficient (Wildman–Crippen LogP) is 2.72. The minimum Gasteiger partial charge on any atom is -0.494 e. The van der Waals surface area contributed by atoms with E-state index in [9.17, 15) is 4.79 Å². The maximum atomic E-state index is 10.5. The number of hydrogen-bond acceptors (Lipinski definition) is 3. The van der Waals surface area contributed by atoms with E-state index < -0.39 is 5.97 Å². The molecule has 1 atom stereocenters. The van der Waals surface area contributed by atoms with Gasteiger partial charge in [-0.25, -0.2) is 0 Å². The molecule has 1 N–H and O–H groups in total. The zero-order chi connectivity index (χ0) is 12.7. The normalized spacial score (nSPS) is 11.9. The van der Waals surface area contributed by atoms with Crippen LogP contribution in [-0.4, -0.2) is 23.8 Å². The van der Waals surface area contributed by atoms with E-state index in [0.29, 0.717) is 12.4 Å². The van der Waals surface area contributed by atoms with E-state index in [1.165, 1.54) is 0 Å². The Morgan fingerprint density at radius 2 is 1.88 bits per heavy atom. The lowest BCUT2D eigenvalue weighted by atomic mass is 10.3. The van der Waals surface area contributed by atoms with Crippen LogP contribution in [0.15, 0.2) is 24.3 Å². The molecule has 0 radical (unpaired) electrons. The van der Waals surface area contributed by atoms with Crippen molar-refractivity contribution in [2.24, 2.45) is 0 Å². The summed E-state index contributed by atoms with van der Waals surface area (Å²) >= 11 is 0. The molecule has 0 aliphatic carbocycles. The highest BCUT2D eigenvalue weighted by Crippen LogP contribution is 2.19. The molecule has 0 heterocycles. The number of hydrogen-bond donors (Lipinski definition) is 1. The fourth-order valence-electron chi connectivity index (χ4n) is 1.35. The van der Waals surface area contributed by atoms with Crippen molar-refractivity contribution in [2.75, 3.05) is 6.61 Å². The smallest absolute Gasteiger partial charge is 0.307 e. The minimum atomic E-state index is -0.861. The summed E-state index contributed by atoms with van der Waals surface area (Å²) in [6.45, 7) is 4.47. The second-order valence-corrected chi connectivity index (χ2v) is 3.85. The third-order valence-corrected chi connectivity index (χ3v) is 2.10. The molecule has 0 unspecified atom stereocenters. The maximum absolute atomic E-state index is 10.5. The van der Waals surface area contributed by atoms with Crippen molar-refractivity contribution in [1.29, 1.82) is 0 Å². The molecule has 0 aliphatic rings. The third-order valence-electron chi connectivity index (χ3n) is 2.10. The average molecular weight is 238 g/mol. The SMILES string of the molecule is CCCOc1ccc(O[C@@H](C)CC(=O)O)cc1. The van der Waals surface area contributed by atoms with Gasteiger partial charge in [0.2, 0.25) is 0 Å². The van der Waals surface area contributed by atoms with Crippen molar-refractivity contribution in [3.8, 4) is 11.5 Å². The van der Waals surface area contributed by atoms with E-state index in [-0.39, 0.29) is 12.5 Å². The van der Waals surface area contributed by atoms with Crippen LogP contribution in [0.5, 0.6) is 11.5 Å². The molecule has 1 aromatic rings. The van der Waals surface area contributed by atoms with Crippen molar-refractivity contribution >= 4 is 5.97 Å². The van der Waals surface area contributed by atoms with Gasteiger partial charge in [-0.1, -0.05) is 6.92 Å². The van der Waals surface area contributed by atoms with Gasteiger partial charge in [-0.2, -0.15) is 0 Å². The molecule has 4 heteroatoms. The van der Waals surface area contributed by atoms with Gasteiger partial charge in [-0.15, -0.1) is 0 Å². The van der Waals surface area contributed by atoms with Crippen LogP contribution in [0.4, 0.5) is 0 Å². The first-order valence-corrected chi connectivity index (χ1v) is 5.73. The maximum Gasteiger partial charge on any atom is 0.307 e. The number of ether oxygens (including phenoxy) is 2. The van der Waals surface area contributed by atoms with Gasteiger partial charge in [0.1, 0.15) is 17.6 Å². The van der Waals surface area contributed by atoms with E-state index in [4.69, 9.17) is 14.6 Å². The molecule has 17 heavy (non-hydrogen) atoms. The summed E-state index contributed by atoms with van der Waals surface area (Å²) in [6.07, 6.45) is 0.622. The van der Waals surface area contributed by atoms with E-state index in [2.05, 4.69) is 0 Å². The van der Waals surface area contributed by atoms with Crippen molar-refractivity contribution in [3.63, 3.8) is 0 Å². The lowest BCUT2D eigenvalue weighted by Crippen LogP contribution is -2.16. The second kappa shape index (κ2) is 6.78. The first kappa shape index (κ1) is 13.4. The molecule has 94 valence electrons. The molecule has 0 spiro atoms. The Morgan fingerprint density at radius 3 is 2.41 bits per heavy atom. The van der Waals surface area contributed by atoms with Crippen LogP contribution in [0.2, 0.25) is 0 Å². The van der Waals surface area contributed by atoms with Crippen LogP contribution in [0, 0.1) is 0 Å². The molecule has 0 amide bonds. The van der Waals surface area contributed by atoms with Gasteiger partial charge >= 0.3 is 5.97 Å². The Morgan fingerprint density at radius 1 is 1.29 bits per heavy atom. The second-order valence-electron chi connectivity index (χ2n) is 3.85. The van der Waals surface area contributed by atoms with Crippen LogP contribution >= 0.6 is 0 Å². The number of carboxylic acid groups (broad SMARTS) is 1. The molecule has 0 saturated heterocycles. The molecule has 1 aromatic carbocycles. The molecule has 0 fully saturated rings. The van der Waals surface area contributed by atoms with Gasteiger partial charge < -0.3 is 14.6 Å². The topological polar surface area (TPSA) is 55.8 Å². The summed E-state index contributed by atoms with van der Waals surface area (Å²) in [5.41, 5.74) is 0. The average Bonchev–Trinajstić information content (AvgIpc) is 2.27. The monoisotopic (exact) mass is 238 g/mol. The van der Waals surface area contributed by atoms with E-state index in [0.717, 1.165) is 12.2 Å². The Labute approximate surface area is 101 Å². The number of aliphatic carboxylic acids is 1. The zero-order valence-electron chi connectivity index (χ0n) is 10.2. The highest BCUT2D eigenvalue weighted by molar-refractivity contribution is 5.67. The fraction of sp³-hybridized carbons (Fsp3) is 0.462. The third kappa shape index (κ3) is 5.24. The van der Waals surface area contributed by atoms with Crippen LogP contribution < -0.4 is 9.47 Å². The number of rotatable bonds is 7. The van der Waals surface area contributed by atoms with Gasteiger partial charge in [0.15, 0.2) is 0 Å². The summed E-state index contributed by atoms with van der Waals surface area (Å²) in [5, 5.41) is 8.60. The van der Waals surface area contributed by atoms with Crippen LogP contribution in [0.25, 0.3) is 0 Å². The first-order valence-electron chi connectivity index (χ1n) is 5.73. The highest BCUT2D eigenvalue weighted by Gasteiger charge is 2.08. The Hall–Kier alpha value is -1.71. The predicted molar refractivity (Wildman–Crippen MR) is 64.6 cm³/mol. The van der Waals surface area contributed by atoms with Crippen LogP contribution in [-0.2, 0) is 4.79 Å². The summed E-state index contributed by atoms with van der Waals surface area (Å²) in [5.74, 6) is 0.591. The summed E-state index contributed by atoms with van der Waals surface area (Å²) in [6, 6.07) is 7.20. The lowest BCUT2D eigenvalue weighted by molar-refractivity contribution is -0.138. The Balaban J connectivity index is 2.47. The van der Waals surface area contributed by atoms with Gasteiger partial charge in [-0.3, -0.25) is 4.79 Å². The zero-order valence-corrected chi connectivity index (χ0v) is 10.2. The van der Waals surface area contributed by atoms with E-state index in [1.807, 2.05) is 19.1 Å². The fourth-order valence-corrected chi connectivity index (χ4v) is 1.35. The van der Waals surface area contributed by atoms with Crippen molar-refractivity contribution in [1.82, 2.24) is 0 Å². The minimum absolute atomic E-state index is 0.00587. The molecule has 0 saturated carbocycles. The van der Waals surface area contributed by atoms with Crippen molar-refractivity contribution < 1.29 is 19.4 Å². The van der Waals surface area contributed by atoms with Crippen molar-refractivity contribution in [2.45, 2.75) is 32.8 Å². The molecule has 0 aromatic heterocycles. The van der Waals surface area contributed by atoms with Gasteiger partial charge in [-0.05, 0) is 37.6 Å². The Bertz CT molecular complexity index is 345. The van der Waals surface area contributed by atoms with Gasteiger partial charge in [0.25, 0.3) is 0 Å². The van der Waals surface area contributed by atoms with Crippen LogP contribution in [0.3, 0.4) is 0 Å². The summed E-state index contributed by atoms with van der Waals surface area (Å²) in [7, 11) is 0. The summed E-state index contributed by atoms with van der Waals surface area (Å²) < 4.78 is 10.9. The molecule has 0 bridgehead atoms.